The molecular formula is C15H15F5N4O2. The van der Waals surface area contributed by atoms with Gasteiger partial charge in [-0.3, -0.25) is 14.2 Å². The molecule has 0 spiro atoms. The van der Waals surface area contributed by atoms with Crippen LogP contribution in [0.25, 0.3) is 5.65 Å². The molecular weight excluding hydrogens is 363 g/mol. The Hall–Kier alpha value is -2.30. The summed E-state index contributed by atoms with van der Waals surface area (Å²) in [4.78, 5) is 21.4. The molecule has 11 heteroatoms. The lowest BCUT2D eigenvalue weighted by Crippen LogP contribution is -2.37. The molecule has 1 aliphatic heterocycles. The molecule has 2 atom stereocenters. The molecule has 26 heavy (non-hydrogen) atoms. The Bertz CT molecular complexity index is 807. The second kappa shape index (κ2) is 6.78. The van der Waals surface area contributed by atoms with Crippen LogP contribution >= 0.6 is 0 Å². The Morgan fingerprint density at radius 2 is 2.12 bits per heavy atom. The fraction of sp³-hybridized carbons (Fsp3) is 0.533. The summed E-state index contributed by atoms with van der Waals surface area (Å²) < 4.78 is 71.5. The van der Waals surface area contributed by atoms with Crippen molar-refractivity contribution in [2.24, 2.45) is 0 Å². The number of ether oxygens (including phenoxy) is 1. The van der Waals surface area contributed by atoms with E-state index >= 15 is 0 Å². The summed E-state index contributed by atoms with van der Waals surface area (Å²) in [7, 11) is 0. The van der Waals surface area contributed by atoms with Gasteiger partial charge in [0.05, 0.1) is 12.3 Å². The van der Waals surface area contributed by atoms with Crippen LogP contribution in [0.1, 0.15) is 36.0 Å². The molecule has 2 aromatic rings. The van der Waals surface area contributed by atoms with Crippen molar-refractivity contribution in [1.82, 2.24) is 19.3 Å². The van der Waals surface area contributed by atoms with Crippen molar-refractivity contribution in [2.45, 2.75) is 38.2 Å². The molecule has 6 nitrogen and oxygen atoms in total. The van der Waals surface area contributed by atoms with Crippen molar-refractivity contribution in [3.63, 3.8) is 0 Å². The zero-order chi connectivity index (χ0) is 19.1. The third kappa shape index (κ3) is 3.48. The van der Waals surface area contributed by atoms with E-state index in [0.29, 0.717) is 0 Å². The highest BCUT2D eigenvalue weighted by atomic mass is 19.4. The number of nitrogens with zero attached hydrogens (tertiary/aromatic N) is 4. The average molecular weight is 378 g/mol. The van der Waals surface area contributed by atoms with E-state index in [2.05, 4.69) is 9.97 Å². The molecule has 1 amide bonds. The molecule has 142 valence electrons. The van der Waals surface area contributed by atoms with E-state index in [1.165, 1.54) is 25.5 Å². The Morgan fingerprint density at radius 1 is 1.38 bits per heavy atom. The molecule has 1 aliphatic rings. The molecule has 0 aliphatic carbocycles. The van der Waals surface area contributed by atoms with Gasteiger partial charge in [-0.1, -0.05) is 0 Å². The summed E-state index contributed by atoms with van der Waals surface area (Å²) in [5.74, 6) is -0.822. The van der Waals surface area contributed by atoms with Gasteiger partial charge in [-0.05, 0) is 6.92 Å². The van der Waals surface area contributed by atoms with Gasteiger partial charge in [0, 0.05) is 31.9 Å². The number of rotatable bonds is 2. The lowest BCUT2D eigenvalue weighted by atomic mass is 10.2. The minimum Gasteiger partial charge on any atom is -0.364 e. The second-order valence-corrected chi connectivity index (χ2v) is 5.97. The SMILES string of the molecule is CC1CN(C(=O)c2c(C(F)F)nc3cnccn23)CCC(C(F)(F)F)O1. The maximum absolute atomic E-state index is 13.3. The van der Waals surface area contributed by atoms with Gasteiger partial charge in [0.1, 0.15) is 11.4 Å². The summed E-state index contributed by atoms with van der Waals surface area (Å²) >= 11 is 0. The molecule has 0 N–H and O–H groups in total. The highest BCUT2D eigenvalue weighted by Crippen LogP contribution is 2.30. The molecule has 0 saturated carbocycles. The van der Waals surface area contributed by atoms with Crippen LogP contribution in [0.5, 0.6) is 0 Å². The molecule has 0 bridgehead atoms. The summed E-state index contributed by atoms with van der Waals surface area (Å²) in [5, 5.41) is 0. The first-order chi connectivity index (χ1) is 12.2. The number of amides is 1. The minimum absolute atomic E-state index is 0.0541. The minimum atomic E-state index is -4.56. The van der Waals surface area contributed by atoms with E-state index < -0.39 is 42.8 Å². The van der Waals surface area contributed by atoms with Gasteiger partial charge in [0.2, 0.25) is 0 Å². The first kappa shape index (κ1) is 18.5. The number of hydrogen-bond donors (Lipinski definition) is 0. The number of carbonyl (C=O) groups is 1. The first-order valence-electron chi connectivity index (χ1n) is 7.80. The van der Waals surface area contributed by atoms with Crippen LogP contribution in [-0.2, 0) is 4.74 Å². The molecule has 1 fully saturated rings. The van der Waals surface area contributed by atoms with Crippen LogP contribution in [0.2, 0.25) is 0 Å². The van der Waals surface area contributed by atoms with Gasteiger partial charge >= 0.3 is 6.18 Å². The van der Waals surface area contributed by atoms with Gasteiger partial charge < -0.3 is 9.64 Å². The summed E-state index contributed by atoms with van der Waals surface area (Å²) in [6, 6.07) is 0. The molecule has 0 aromatic carbocycles. The zero-order valence-corrected chi connectivity index (χ0v) is 13.6. The summed E-state index contributed by atoms with van der Waals surface area (Å²) in [6.45, 7) is 0.984. The molecule has 2 unspecified atom stereocenters. The molecule has 3 rings (SSSR count). The first-order valence-corrected chi connectivity index (χ1v) is 7.80. The van der Waals surface area contributed by atoms with Crippen molar-refractivity contribution in [3.8, 4) is 0 Å². The van der Waals surface area contributed by atoms with Crippen LogP contribution in [0.3, 0.4) is 0 Å². The number of imidazole rings is 1. The number of carbonyl (C=O) groups excluding carboxylic acids is 1. The van der Waals surface area contributed by atoms with Crippen LogP contribution < -0.4 is 0 Å². The van der Waals surface area contributed by atoms with E-state index in [-0.39, 0.29) is 24.4 Å². The lowest BCUT2D eigenvalue weighted by molar-refractivity contribution is -0.228. The number of alkyl halides is 5. The standard InChI is InChI=1S/C15H15F5N4O2/c1-8-7-23(4-2-9(26-8)15(18,19)20)14(25)12-11(13(16)17)22-10-6-21-3-5-24(10)12/h3,5-6,8-9,13H,2,4,7H2,1H3. The fourth-order valence-corrected chi connectivity index (χ4v) is 2.93. The molecule has 2 aromatic heterocycles. The van der Waals surface area contributed by atoms with E-state index in [4.69, 9.17) is 4.74 Å². The maximum atomic E-state index is 13.3. The van der Waals surface area contributed by atoms with Gasteiger partial charge in [0.15, 0.2) is 11.8 Å². The largest absolute Gasteiger partial charge is 0.414 e. The Labute approximate surface area is 144 Å². The average Bonchev–Trinajstić information content (AvgIpc) is 2.83. The third-order valence-corrected chi connectivity index (χ3v) is 4.05. The van der Waals surface area contributed by atoms with Crippen molar-refractivity contribution in [3.05, 3.63) is 30.0 Å². The predicted octanol–water partition coefficient (Wildman–Crippen LogP) is 2.85. The van der Waals surface area contributed by atoms with Crippen molar-refractivity contribution >= 4 is 11.6 Å². The van der Waals surface area contributed by atoms with Gasteiger partial charge in [-0.25, -0.2) is 13.8 Å². The predicted molar refractivity (Wildman–Crippen MR) is 78.9 cm³/mol. The van der Waals surface area contributed by atoms with Crippen molar-refractivity contribution in [1.29, 1.82) is 0 Å². The molecule has 0 radical (unpaired) electrons. The summed E-state index contributed by atoms with van der Waals surface area (Å²) in [6.07, 6.45) is -7.13. The van der Waals surface area contributed by atoms with Crippen LogP contribution in [0.15, 0.2) is 18.6 Å². The van der Waals surface area contributed by atoms with Crippen molar-refractivity contribution in [2.75, 3.05) is 13.1 Å². The Kier molecular flexibility index (Phi) is 4.82. The topological polar surface area (TPSA) is 59.7 Å². The Balaban J connectivity index is 1.94. The van der Waals surface area contributed by atoms with E-state index in [9.17, 15) is 26.7 Å². The van der Waals surface area contributed by atoms with Gasteiger partial charge in [-0.2, -0.15) is 13.2 Å². The number of aromatic nitrogens is 3. The quantitative estimate of drug-likeness (QED) is 0.754. The molecule has 3 heterocycles. The highest BCUT2D eigenvalue weighted by molar-refractivity contribution is 5.95. The van der Waals surface area contributed by atoms with E-state index in [1.54, 1.807) is 0 Å². The van der Waals surface area contributed by atoms with Gasteiger partial charge in [0.25, 0.3) is 12.3 Å². The van der Waals surface area contributed by atoms with Crippen LogP contribution in [-0.4, -0.2) is 56.6 Å². The fourth-order valence-electron chi connectivity index (χ4n) is 2.93. The Morgan fingerprint density at radius 3 is 2.77 bits per heavy atom. The van der Waals surface area contributed by atoms with Crippen LogP contribution in [0, 0.1) is 0 Å². The van der Waals surface area contributed by atoms with Gasteiger partial charge in [-0.15, -0.1) is 0 Å². The van der Waals surface area contributed by atoms with E-state index in [0.717, 1.165) is 9.30 Å². The number of halogens is 5. The second-order valence-electron chi connectivity index (χ2n) is 5.97. The normalized spacial score (nSPS) is 22.0. The third-order valence-electron chi connectivity index (χ3n) is 4.05. The van der Waals surface area contributed by atoms with Crippen molar-refractivity contribution < 1.29 is 31.5 Å². The smallest absolute Gasteiger partial charge is 0.364 e. The number of hydrogen-bond acceptors (Lipinski definition) is 4. The molecule has 1 saturated heterocycles. The summed E-state index contributed by atoms with van der Waals surface area (Å²) in [5.41, 5.74) is -1.05. The lowest BCUT2D eigenvalue weighted by Gasteiger charge is -2.22. The van der Waals surface area contributed by atoms with Crippen LogP contribution in [0.4, 0.5) is 22.0 Å². The van der Waals surface area contributed by atoms with E-state index in [1.807, 2.05) is 0 Å². The zero-order valence-electron chi connectivity index (χ0n) is 13.6. The maximum Gasteiger partial charge on any atom is 0.414 e. The number of fused-ring (bicyclic) bond motifs is 1. The highest BCUT2D eigenvalue weighted by Gasteiger charge is 2.44. The monoisotopic (exact) mass is 378 g/mol.